The molecule has 1 fully saturated rings. The number of hydrogen-bond donors (Lipinski definition) is 5. The summed E-state index contributed by atoms with van der Waals surface area (Å²) in [7, 11) is 2.83. The summed E-state index contributed by atoms with van der Waals surface area (Å²) in [6, 6.07) is 7.59. The highest BCUT2D eigenvalue weighted by Gasteiger charge is 2.45. The normalized spacial score (nSPS) is 28.6. The first-order valence-corrected chi connectivity index (χ1v) is 10.5. The number of carbonyl (C=O) groups excluding carboxylic acids is 1. The van der Waals surface area contributed by atoms with Crippen LogP contribution in [0, 0.1) is 0 Å². The van der Waals surface area contributed by atoms with Crippen LogP contribution >= 0.6 is 0 Å². The van der Waals surface area contributed by atoms with Crippen LogP contribution in [0.1, 0.15) is 28.4 Å². The van der Waals surface area contributed by atoms with Gasteiger partial charge < -0.3 is 49.2 Å². The average molecular weight is 478 g/mol. The molecule has 2 aliphatic heterocycles. The number of ketones is 1. The van der Waals surface area contributed by atoms with E-state index in [1.807, 2.05) is 0 Å². The average Bonchev–Trinajstić information content (AvgIpc) is 2.83. The minimum atomic E-state index is -1.59. The van der Waals surface area contributed by atoms with Crippen molar-refractivity contribution in [3.63, 3.8) is 0 Å². The molecule has 0 radical (unpaired) electrons. The van der Waals surface area contributed by atoms with Gasteiger partial charge in [-0.15, -0.1) is 0 Å². The molecule has 2 aliphatic rings. The number of aliphatic hydroxyl groups is 4. The number of aromatic hydroxyl groups is 1. The van der Waals surface area contributed by atoms with Crippen LogP contribution in [0.4, 0.5) is 0 Å². The molecule has 5 N–H and O–H groups in total. The molecule has 6 atom stereocenters. The Kier molecular flexibility index (Phi) is 6.82. The summed E-state index contributed by atoms with van der Waals surface area (Å²) < 4.78 is 27.5. The second-order valence-corrected chi connectivity index (χ2v) is 7.98. The highest BCUT2D eigenvalue weighted by Crippen LogP contribution is 2.43. The number of fused-ring (bicyclic) bond motifs is 1. The molecule has 0 amide bonds. The molecule has 0 bridgehead atoms. The van der Waals surface area contributed by atoms with E-state index in [1.165, 1.54) is 32.4 Å². The van der Waals surface area contributed by atoms with Crippen LogP contribution < -0.4 is 18.9 Å². The largest absolute Gasteiger partial charge is 0.507 e. The molecule has 0 saturated carbocycles. The van der Waals surface area contributed by atoms with E-state index < -0.39 is 43.4 Å². The van der Waals surface area contributed by atoms with Crippen LogP contribution in [0.2, 0.25) is 0 Å². The molecule has 0 spiro atoms. The zero-order chi connectivity index (χ0) is 24.6. The Morgan fingerprint density at radius 1 is 1.00 bits per heavy atom. The number of rotatable bonds is 6. The van der Waals surface area contributed by atoms with Gasteiger partial charge in [-0.05, 0) is 17.7 Å². The molecule has 2 heterocycles. The SMILES string of the molecule is COc1cc(O)c2c(c1)O[C@H](c1ccc(O[C@@H]3O[C@H](CO)[C@@H](O)[C@H](O)[C@H]3O)c(OC)c1)CC2=O. The molecule has 11 heteroatoms. The van der Waals surface area contributed by atoms with Gasteiger partial charge in [0.1, 0.15) is 53.3 Å². The predicted octanol–water partition coefficient (Wildman–Crippen LogP) is 0.295. The Morgan fingerprint density at radius 2 is 1.76 bits per heavy atom. The summed E-state index contributed by atoms with van der Waals surface area (Å²) in [6.45, 7) is -0.588. The zero-order valence-electron chi connectivity index (χ0n) is 18.5. The van der Waals surface area contributed by atoms with Crippen molar-refractivity contribution in [1.29, 1.82) is 0 Å². The van der Waals surface area contributed by atoms with Gasteiger partial charge in [0.15, 0.2) is 17.3 Å². The monoisotopic (exact) mass is 478 g/mol. The van der Waals surface area contributed by atoms with E-state index in [4.69, 9.17) is 23.7 Å². The third-order valence-corrected chi connectivity index (χ3v) is 5.86. The van der Waals surface area contributed by atoms with Crippen LogP contribution in [-0.2, 0) is 4.74 Å². The lowest BCUT2D eigenvalue weighted by molar-refractivity contribution is -0.277. The first-order valence-electron chi connectivity index (χ1n) is 10.5. The van der Waals surface area contributed by atoms with Gasteiger partial charge in [-0.1, -0.05) is 6.07 Å². The number of hydrogen-bond acceptors (Lipinski definition) is 11. The summed E-state index contributed by atoms with van der Waals surface area (Å²) in [5.74, 6) is 0.386. The maximum Gasteiger partial charge on any atom is 0.229 e. The maximum atomic E-state index is 12.7. The maximum absolute atomic E-state index is 12.7. The van der Waals surface area contributed by atoms with Crippen molar-refractivity contribution in [3.05, 3.63) is 41.5 Å². The molecule has 4 rings (SSSR count). The molecular formula is C23H26O11. The van der Waals surface area contributed by atoms with Gasteiger partial charge >= 0.3 is 0 Å². The Hall–Kier alpha value is -3.09. The number of aliphatic hydroxyl groups excluding tert-OH is 4. The smallest absolute Gasteiger partial charge is 0.229 e. The fraction of sp³-hybridized carbons (Fsp3) is 0.435. The van der Waals surface area contributed by atoms with Crippen molar-refractivity contribution in [1.82, 2.24) is 0 Å². The number of carbonyl (C=O) groups is 1. The van der Waals surface area contributed by atoms with E-state index in [1.54, 1.807) is 12.1 Å². The molecule has 184 valence electrons. The van der Waals surface area contributed by atoms with Gasteiger partial charge in [-0.3, -0.25) is 4.79 Å². The van der Waals surface area contributed by atoms with E-state index in [0.717, 1.165) is 0 Å². The lowest BCUT2D eigenvalue weighted by Gasteiger charge is -2.39. The van der Waals surface area contributed by atoms with E-state index in [0.29, 0.717) is 11.3 Å². The summed E-state index contributed by atoms with van der Waals surface area (Å²) in [5.41, 5.74) is 0.672. The second kappa shape index (κ2) is 9.65. The Balaban J connectivity index is 1.57. The lowest BCUT2D eigenvalue weighted by Crippen LogP contribution is -2.60. The molecule has 2 aromatic rings. The first kappa shape index (κ1) is 24.0. The van der Waals surface area contributed by atoms with Gasteiger partial charge in [0.05, 0.1) is 27.2 Å². The summed E-state index contributed by atoms with van der Waals surface area (Å²) in [5, 5.41) is 49.6. The first-order chi connectivity index (χ1) is 16.3. The van der Waals surface area contributed by atoms with Crippen LogP contribution in [0.25, 0.3) is 0 Å². The minimum Gasteiger partial charge on any atom is -0.507 e. The lowest BCUT2D eigenvalue weighted by atomic mass is 9.95. The third kappa shape index (κ3) is 4.36. The van der Waals surface area contributed by atoms with Crippen molar-refractivity contribution in [2.24, 2.45) is 0 Å². The molecule has 34 heavy (non-hydrogen) atoms. The van der Waals surface area contributed by atoms with Crippen molar-refractivity contribution in [2.75, 3.05) is 20.8 Å². The van der Waals surface area contributed by atoms with Crippen molar-refractivity contribution >= 4 is 5.78 Å². The van der Waals surface area contributed by atoms with Gasteiger partial charge in [0, 0.05) is 12.1 Å². The van der Waals surface area contributed by atoms with Crippen molar-refractivity contribution in [2.45, 2.75) is 43.2 Å². The number of benzene rings is 2. The van der Waals surface area contributed by atoms with E-state index in [-0.39, 0.29) is 40.8 Å². The van der Waals surface area contributed by atoms with Gasteiger partial charge in [-0.25, -0.2) is 0 Å². The van der Waals surface area contributed by atoms with Gasteiger partial charge in [0.25, 0.3) is 0 Å². The number of methoxy groups -OCH3 is 2. The van der Waals surface area contributed by atoms with Gasteiger partial charge in [0.2, 0.25) is 6.29 Å². The van der Waals surface area contributed by atoms with E-state index in [2.05, 4.69) is 0 Å². The van der Waals surface area contributed by atoms with Gasteiger partial charge in [-0.2, -0.15) is 0 Å². The number of phenols is 1. The molecule has 2 aromatic carbocycles. The third-order valence-electron chi connectivity index (χ3n) is 5.86. The second-order valence-electron chi connectivity index (χ2n) is 7.98. The Bertz CT molecular complexity index is 1050. The Morgan fingerprint density at radius 3 is 2.44 bits per heavy atom. The van der Waals surface area contributed by atoms with Crippen LogP contribution in [0.3, 0.4) is 0 Å². The fourth-order valence-electron chi connectivity index (χ4n) is 3.99. The van der Waals surface area contributed by atoms with Crippen LogP contribution in [0.5, 0.6) is 28.7 Å². The summed E-state index contributed by atoms with van der Waals surface area (Å²) >= 11 is 0. The summed E-state index contributed by atoms with van der Waals surface area (Å²) in [4.78, 5) is 12.7. The van der Waals surface area contributed by atoms with E-state index in [9.17, 15) is 30.3 Å². The van der Waals surface area contributed by atoms with Crippen molar-refractivity contribution < 1.29 is 54.0 Å². The standard InChI is InChI=1S/C23H26O11/c1-30-11-6-12(25)19-13(26)8-15(32-17(19)7-11)10-3-4-14(16(5-10)31-2)33-23-22(29)21(28)20(27)18(9-24)34-23/h3-7,15,18,20-25,27-29H,8-9H2,1-2H3/t15-,18+,20+,21-,22+,23+/m0/s1. The quantitative estimate of drug-likeness (QED) is 0.388. The minimum absolute atomic E-state index is 0.0248. The van der Waals surface area contributed by atoms with Crippen molar-refractivity contribution in [3.8, 4) is 28.7 Å². The zero-order valence-corrected chi connectivity index (χ0v) is 18.5. The highest BCUT2D eigenvalue weighted by molar-refractivity contribution is 6.02. The Labute approximate surface area is 194 Å². The predicted molar refractivity (Wildman–Crippen MR) is 114 cm³/mol. The highest BCUT2D eigenvalue weighted by atomic mass is 16.7. The number of phenolic OH excluding ortho intramolecular Hbond substituents is 1. The van der Waals surface area contributed by atoms with E-state index >= 15 is 0 Å². The molecule has 0 aromatic heterocycles. The molecule has 1 saturated heterocycles. The molecule has 11 nitrogen and oxygen atoms in total. The molecular weight excluding hydrogens is 452 g/mol. The number of Topliss-reactive ketones (excluding diaryl/α,β-unsaturated/α-hetero) is 1. The topological polar surface area (TPSA) is 164 Å². The van der Waals surface area contributed by atoms with Crippen LogP contribution in [0.15, 0.2) is 30.3 Å². The number of ether oxygens (including phenoxy) is 5. The van der Waals surface area contributed by atoms with Crippen LogP contribution in [-0.4, -0.2) is 82.8 Å². The fourth-order valence-corrected chi connectivity index (χ4v) is 3.99. The molecule has 0 aliphatic carbocycles. The molecule has 0 unspecified atom stereocenters. The summed E-state index contributed by atoms with van der Waals surface area (Å²) in [6.07, 6.45) is -7.89.